The molecule has 1 aromatic rings. The van der Waals surface area contributed by atoms with Crippen LogP contribution in [0.2, 0.25) is 0 Å². The van der Waals surface area contributed by atoms with E-state index in [4.69, 9.17) is 0 Å². The van der Waals surface area contributed by atoms with Crippen molar-refractivity contribution in [2.75, 3.05) is 0 Å². The summed E-state index contributed by atoms with van der Waals surface area (Å²) in [6.07, 6.45) is 1.31. The van der Waals surface area contributed by atoms with Crippen LogP contribution in [0.1, 0.15) is 37.5 Å². The van der Waals surface area contributed by atoms with Gasteiger partial charge in [-0.3, -0.25) is 0 Å². The van der Waals surface area contributed by atoms with Gasteiger partial charge in [-0.05, 0) is 35.1 Å². The lowest BCUT2D eigenvalue weighted by atomic mass is 9.84. The van der Waals surface area contributed by atoms with Gasteiger partial charge >= 0.3 is 0 Å². The lowest BCUT2D eigenvalue weighted by Crippen LogP contribution is -2.12. The van der Waals surface area contributed by atoms with Gasteiger partial charge in [0.1, 0.15) is 12.0 Å². The molecule has 2 nitrogen and oxygen atoms in total. The summed E-state index contributed by atoms with van der Waals surface area (Å²) in [4.78, 5) is 10.5. The first-order valence-corrected chi connectivity index (χ1v) is 5.13. The van der Waals surface area contributed by atoms with E-state index >= 15 is 0 Å². The average molecular weight is 206 g/mol. The molecule has 0 aromatic heterocycles. The fourth-order valence-corrected chi connectivity index (χ4v) is 1.65. The van der Waals surface area contributed by atoms with Crippen molar-refractivity contribution in [1.29, 1.82) is 0 Å². The van der Waals surface area contributed by atoms with Crippen LogP contribution in [0.25, 0.3) is 0 Å². The lowest BCUT2D eigenvalue weighted by Gasteiger charge is -2.22. The second kappa shape index (κ2) is 4.05. The van der Waals surface area contributed by atoms with E-state index in [0.29, 0.717) is 12.2 Å². The van der Waals surface area contributed by atoms with Crippen LogP contribution in [0.5, 0.6) is 5.75 Å². The highest BCUT2D eigenvalue weighted by Crippen LogP contribution is 2.32. The molecule has 0 radical (unpaired) electrons. The zero-order chi connectivity index (χ0) is 11.6. The molecule has 0 amide bonds. The Morgan fingerprint density at radius 2 is 1.93 bits per heavy atom. The summed E-state index contributed by atoms with van der Waals surface area (Å²) in [6.45, 7) is 8.04. The molecule has 2 heteroatoms. The van der Waals surface area contributed by atoms with Crippen LogP contribution in [-0.4, -0.2) is 11.4 Å². The zero-order valence-corrected chi connectivity index (χ0v) is 9.79. The topological polar surface area (TPSA) is 37.3 Å². The van der Waals surface area contributed by atoms with E-state index in [1.165, 1.54) is 0 Å². The van der Waals surface area contributed by atoms with Gasteiger partial charge in [-0.15, -0.1) is 0 Å². The summed E-state index contributed by atoms with van der Waals surface area (Å²) in [7, 11) is 0. The number of aryl methyl sites for hydroxylation is 1. The van der Waals surface area contributed by atoms with Crippen LogP contribution in [0.3, 0.4) is 0 Å². The fourth-order valence-electron chi connectivity index (χ4n) is 1.65. The third-order valence-electron chi connectivity index (χ3n) is 2.57. The molecular weight excluding hydrogens is 188 g/mol. The first kappa shape index (κ1) is 11.8. The lowest BCUT2D eigenvalue weighted by molar-refractivity contribution is -0.107. The maximum atomic E-state index is 10.5. The normalized spacial score (nSPS) is 11.5. The standard InChI is InChI=1S/C13H18O2/c1-9-7-12(15)11(13(2,3)4)8-10(9)5-6-14/h6-8,15H,5H2,1-4H3. The summed E-state index contributed by atoms with van der Waals surface area (Å²) < 4.78 is 0. The fraction of sp³-hybridized carbons (Fsp3) is 0.462. The van der Waals surface area contributed by atoms with Gasteiger partial charge in [0, 0.05) is 6.42 Å². The molecule has 0 fully saturated rings. The van der Waals surface area contributed by atoms with Crippen LogP contribution in [-0.2, 0) is 16.6 Å². The Morgan fingerprint density at radius 1 is 1.33 bits per heavy atom. The molecule has 1 rings (SSSR count). The molecule has 0 aliphatic rings. The number of phenols is 1. The van der Waals surface area contributed by atoms with Crippen molar-refractivity contribution in [2.45, 2.75) is 39.5 Å². The third-order valence-corrected chi connectivity index (χ3v) is 2.57. The molecule has 0 saturated heterocycles. The predicted octanol–water partition coefficient (Wildman–Crippen LogP) is 2.74. The molecule has 0 unspecified atom stereocenters. The van der Waals surface area contributed by atoms with Gasteiger partial charge < -0.3 is 9.90 Å². The van der Waals surface area contributed by atoms with Gasteiger partial charge in [0.05, 0.1) is 0 Å². The second-order valence-corrected chi connectivity index (χ2v) is 4.92. The number of benzene rings is 1. The Kier molecular flexibility index (Phi) is 3.18. The number of hydrogen-bond donors (Lipinski definition) is 1. The summed E-state index contributed by atoms with van der Waals surface area (Å²) >= 11 is 0. The van der Waals surface area contributed by atoms with E-state index in [-0.39, 0.29) is 5.41 Å². The van der Waals surface area contributed by atoms with Gasteiger partial charge in [-0.2, -0.15) is 0 Å². The Labute approximate surface area is 90.9 Å². The van der Waals surface area contributed by atoms with Crippen LogP contribution in [0.15, 0.2) is 12.1 Å². The van der Waals surface area contributed by atoms with Gasteiger partial charge in [-0.25, -0.2) is 0 Å². The molecule has 0 spiro atoms. The van der Waals surface area contributed by atoms with Crippen molar-refractivity contribution >= 4 is 6.29 Å². The number of carbonyl (C=O) groups excluding carboxylic acids is 1. The number of aldehydes is 1. The molecule has 0 bridgehead atoms. The monoisotopic (exact) mass is 206 g/mol. The Hall–Kier alpha value is -1.31. The smallest absolute Gasteiger partial charge is 0.124 e. The molecule has 1 aromatic carbocycles. The highest BCUT2D eigenvalue weighted by molar-refractivity contribution is 5.58. The summed E-state index contributed by atoms with van der Waals surface area (Å²) in [5, 5.41) is 9.83. The molecule has 82 valence electrons. The summed E-state index contributed by atoms with van der Waals surface area (Å²) in [5.74, 6) is 0.314. The summed E-state index contributed by atoms with van der Waals surface area (Å²) in [6, 6.07) is 3.67. The maximum absolute atomic E-state index is 10.5. The van der Waals surface area contributed by atoms with E-state index in [0.717, 1.165) is 23.0 Å². The van der Waals surface area contributed by atoms with E-state index in [2.05, 4.69) is 0 Å². The zero-order valence-electron chi connectivity index (χ0n) is 9.79. The van der Waals surface area contributed by atoms with Crippen LogP contribution < -0.4 is 0 Å². The van der Waals surface area contributed by atoms with E-state index < -0.39 is 0 Å². The minimum Gasteiger partial charge on any atom is -0.508 e. The van der Waals surface area contributed by atoms with E-state index in [1.807, 2.05) is 33.8 Å². The number of carbonyl (C=O) groups is 1. The van der Waals surface area contributed by atoms with Gasteiger partial charge in [0.2, 0.25) is 0 Å². The van der Waals surface area contributed by atoms with Crippen molar-refractivity contribution in [1.82, 2.24) is 0 Å². The minimum atomic E-state index is -0.102. The molecule has 0 saturated carbocycles. The highest BCUT2D eigenvalue weighted by Gasteiger charge is 2.19. The Bertz CT molecular complexity index is 373. The van der Waals surface area contributed by atoms with Crippen molar-refractivity contribution < 1.29 is 9.90 Å². The molecule has 0 atom stereocenters. The second-order valence-electron chi connectivity index (χ2n) is 4.92. The molecule has 1 N–H and O–H groups in total. The quantitative estimate of drug-likeness (QED) is 0.755. The predicted molar refractivity (Wildman–Crippen MR) is 61.3 cm³/mol. The number of hydrogen-bond acceptors (Lipinski definition) is 2. The van der Waals surface area contributed by atoms with E-state index in [1.54, 1.807) is 6.07 Å². The van der Waals surface area contributed by atoms with Crippen molar-refractivity contribution in [3.63, 3.8) is 0 Å². The van der Waals surface area contributed by atoms with Gasteiger partial charge in [-0.1, -0.05) is 26.8 Å². The van der Waals surface area contributed by atoms with Crippen LogP contribution in [0.4, 0.5) is 0 Å². The highest BCUT2D eigenvalue weighted by atomic mass is 16.3. The minimum absolute atomic E-state index is 0.102. The first-order valence-electron chi connectivity index (χ1n) is 5.13. The SMILES string of the molecule is Cc1cc(O)c(C(C)(C)C)cc1CC=O. The number of aromatic hydroxyl groups is 1. The van der Waals surface area contributed by atoms with Crippen molar-refractivity contribution in [3.05, 3.63) is 28.8 Å². The van der Waals surface area contributed by atoms with Gasteiger partial charge in [0.15, 0.2) is 0 Å². The molecule has 0 aliphatic heterocycles. The molecule has 0 aliphatic carbocycles. The molecule has 15 heavy (non-hydrogen) atoms. The first-order chi connectivity index (χ1) is 6.86. The summed E-state index contributed by atoms with van der Waals surface area (Å²) in [5.41, 5.74) is 2.75. The molecule has 0 heterocycles. The third kappa shape index (κ3) is 2.58. The Balaban J connectivity index is 3.29. The number of rotatable bonds is 2. The van der Waals surface area contributed by atoms with E-state index in [9.17, 15) is 9.90 Å². The maximum Gasteiger partial charge on any atom is 0.124 e. The largest absolute Gasteiger partial charge is 0.508 e. The van der Waals surface area contributed by atoms with Crippen LogP contribution >= 0.6 is 0 Å². The number of phenolic OH excluding ortho intramolecular Hbond substituents is 1. The molecular formula is C13H18O2. The Morgan fingerprint density at radius 3 is 2.40 bits per heavy atom. The van der Waals surface area contributed by atoms with Crippen molar-refractivity contribution in [3.8, 4) is 5.75 Å². The van der Waals surface area contributed by atoms with Gasteiger partial charge in [0.25, 0.3) is 0 Å². The average Bonchev–Trinajstić information content (AvgIpc) is 2.07. The van der Waals surface area contributed by atoms with Crippen molar-refractivity contribution in [2.24, 2.45) is 0 Å². The van der Waals surface area contributed by atoms with Crippen LogP contribution in [0, 0.1) is 6.92 Å².